The van der Waals surface area contributed by atoms with E-state index in [4.69, 9.17) is 20.0 Å². The Kier molecular flexibility index (Phi) is 7.09. The monoisotopic (exact) mass is 363 g/mol. The van der Waals surface area contributed by atoms with Crippen molar-refractivity contribution in [3.8, 4) is 11.5 Å². The molecule has 1 aromatic heterocycles. The summed E-state index contributed by atoms with van der Waals surface area (Å²) >= 11 is 1.50. The third kappa shape index (κ3) is 5.68. The van der Waals surface area contributed by atoms with Gasteiger partial charge < -0.3 is 25.4 Å². The van der Waals surface area contributed by atoms with Gasteiger partial charge in [-0.15, -0.1) is 0 Å². The number of rotatable bonds is 9. The number of hydrogen-bond acceptors (Lipinski definition) is 6. The first-order chi connectivity index (χ1) is 12.1. The van der Waals surface area contributed by atoms with Crippen LogP contribution in [0.3, 0.4) is 0 Å². The van der Waals surface area contributed by atoms with E-state index in [0.717, 1.165) is 5.56 Å². The first kappa shape index (κ1) is 18.6. The van der Waals surface area contributed by atoms with Crippen LogP contribution in [0.5, 0.6) is 11.5 Å². The number of thiophene rings is 1. The summed E-state index contributed by atoms with van der Waals surface area (Å²) in [6.07, 6.45) is 0. The van der Waals surface area contributed by atoms with Gasteiger partial charge in [0.2, 0.25) is 0 Å². The molecule has 0 saturated carbocycles. The first-order valence-corrected chi connectivity index (χ1v) is 8.75. The number of amides is 1. The van der Waals surface area contributed by atoms with E-state index >= 15 is 0 Å². The number of carbonyl (C=O) groups is 1. The van der Waals surface area contributed by atoms with Crippen LogP contribution in [-0.4, -0.2) is 31.6 Å². The molecule has 0 fully saturated rings. The van der Waals surface area contributed by atoms with Crippen LogP contribution >= 0.6 is 11.3 Å². The van der Waals surface area contributed by atoms with Gasteiger partial charge in [-0.3, -0.25) is 4.79 Å². The van der Waals surface area contributed by atoms with E-state index in [-0.39, 0.29) is 18.3 Å². The highest BCUT2D eigenvalue weighted by molar-refractivity contribution is 7.08. The van der Waals surface area contributed by atoms with E-state index in [0.29, 0.717) is 30.4 Å². The highest BCUT2D eigenvalue weighted by atomic mass is 32.1. The minimum Gasteiger partial charge on any atom is -0.494 e. The number of hydrogen-bond donors (Lipinski definition) is 2. The molecule has 0 saturated heterocycles. The van der Waals surface area contributed by atoms with Crippen molar-refractivity contribution in [2.75, 3.05) is 25.1 Å². The fourth-order valence-corrected chi connectivity index (χ4v) is 2.60. The summed E-state index contributed by atoms with van der Waals surface area (Å²) in [4.78, 5) is 17.1. The van der Waals surface area contributed by atoms with Crippen molar-refractivity contribution in [3.05, 3.63) is 40.6 Å². The molecule has 0 atom stereocenters. The highest BCUT2D eigenvalue weighted by Crippen LogP contribution is 2.29. The third-order valence-corrected chi connectivity index (χ3v) is 3.69. The number of anilines is 1. The van der Waals surface area contributed by atoms with E-state index in [9.17, 15) is 4.79 Å². The number of oxime groups is 1. The van der Waals surface area contributed by atoms with Gasteiger partial charge in [0.25, 0.3) is 5.91 Å². The van der Waals surface area contributed by atoms with Crippen LogP contribution in [0, 0.1) is 0 Å². The molecule has 1 amide bonds. The van der Waals surface area contributed by atoms with E-state index in [1.54, 1.807) is 18.2 Å². The van der Waals surface area contributed by atoms with Crippen molar-refractivity contribution in [2.24, 2.45) is 10.9 Å². The summed E-state index contributed by atoms with van der Waals surface area (Å²) in [7, 11) is 0. The minimum absolute atomic E-state index is 0.224. The van der Waals surface area contributed by atoms with Crippen LogP contribution in [0.15, 0.2) is 40.2 Å². The van der Waals surface area contributed by atoms with Gasteiger partial charge in [0, 0.05) is 17.0 Å². The molecule has 2 aromatic rings. The van der Waals surface area contributed by atoms with Gasteiger partial charge in [-0.25, -0.2) is 0 Å². The largest absolute Gasteiger partial charge is 0.494 e. The van der Waals surface area contributed by atoms with Crippen molar-refractivity contribution >= 4 is 28.8 Å². The molecular formula is C17H21N3O4S. The third-order valence-electron chi connectivity index (χ3n) is 3.01. The average Bonchev–Trinajstić information content (AvgIpc) is 3.12. The number of nitrogens with one attached hydrogen (secondary N) is 1. The lowest BCUT2D eigenvalue weighted by Gasteiger charge is -2.13. The van der Waals surface area contributed by atoms with Crippen molar-refractivity contribution in [3.63, 3.8) is 0 Å². The molecule has 0 aliphatic heterocycles. The number of benzene rings is 1. The predicted octanol–water partition coefficient (Wildman–Crippen LogP) is 2.82. The fourth-order valence-electron chi connectivity index (χ4n) is 1.95. The summed E-state index contributed by atoms with van der Waals surface area (Å²) in [6.45, 7) is 4.50. The Morgan fingerprint density at radius 3 is 2.72 bits per heavy atom. The van der Waals surface area contributed by atoms with Gasteiger partial charge in [-0.2, -0.15) is 11.3 Å². The van der Waals surface area contributed by atoms with Gasteiger partial charge in [0.05, 0.1) is 18.9 Å². The lowest BCUT2D eigenvalue weighted by Crippen LogP contribution is -2.19. The molecule has 2 rings (SSSR count). The van der Waals surface area contributed by atoms with Crippen LogP contribution in [0.25, 0.3) is 0 Å². The summed E-state index contributed by atoms with van der Waals surface area (Å²) in [5, 5.41) is 10.2. The van der Waals surface area contributed by atoms with Crippen molar-refractivity contribution in [1.82, 2.24) is 0 Å². The summed E-state index contributed by atoms with van der Waals surface area (Å²) in [5.41, 5.74) is 7.03. The predicted molar refractivity (Wildman–Crippen MR) is 98.4 cm³/mol. The molecule has 1 aromatic carbocycles. The molecule has 134 valence electrons. The van der Waals surface area contributed by atoms with Crippen molar-refractivity contribution < 1.29 is 19.1 Å². The Bertz CT molecular complexity index is 717. The molecule has 3 N–H and O–H groups in total. The standard InChI is InChI=1S/C17H21N3O4S/c1-3-22-13-5-6-15(23-4-2)14(9-13)19-16(21)10-24-20-17(18)12-7-8-25-11-12/h5-9,11H,3-4,10H2,1-2H3,(H2,18,20)(H,19,21). The van der Waals surface area contributed by atoms with Gasteiger partial charge in [-0.05, 0) is 37.4 Å². The molecule has 1 heterocycles. The molecule has 0 aliphatic rings. The Hall–Kier alpha value is -2.74. The second kappa shape index (κ2) is 9.53. The molecule has 0 radical (unpaired) electrons. The number of ether oxygens (including phenoxy) is 2. The van der Waals surface area contributed by atoms with Crippen molar-refractivity contribution in [2.45, 2.75) is 13.8 Å². The maximum absolute atomic E-state index is 12.1. The normalized spacial score (nSPS) is 11.0. The molecule has 25 heavy (non-hydrogen) atoms. The first-order valence-electron chi connectivity index (χ1n) is 7.81. The highest BCUT2D eigenvalue weighted by Gasteiger charge is 2.10. The topological polar surface area (TPSA) is 95.2 Å². The Morgan fingerprint density at radius 1 is 1.24 bits per heavy atom. The zero-order valence-electron chi connectivity index (χ0n) is 14.2. The van der Waals surface area contributed by atoms with Crippen LogP contribution in [0.4, 0.5) is 5.69 Å². The lowest BCUT2D eigenvalue weighted by molar-refractivity contribution is -0.120. The zero-order chi connectivity index (χ0) is 18.1. The SMILES string of the molecule is CCOc1ccc(OCC)c(NC(=O)CO/N=C(/N)c2ccsc2)c1. The maximum atomic E-state index is 12.1. The van der Waals surface area contributed by atoms with Gasteiger partial charge in [0.15, 0.2) is 12.4 Å². The Labute approximate surface area is 150 Å². The molecule has 0 aliphatic carbocycles. The van der Waals surface area contributed by atoms with Crippen molar-refractivity contribution in [1.29, 1.82) is 0 Å². The second-order valence-electron chi connectivity index (χ2n) is 4.83. The Balaban J connectivity index is 1.96. The van der Waals surface area contributed by atoms with Gasteiger partial charge in [0.1, 0.15) is 11.5 Å². The van der Waals surface area contributed by atoms with Crippen LogP contribution in [-0.2, 0) is 9.63 Å². The maximum Gasteiger partial charge on any atom is 0.265 e. The molecule has 0 bridgehead atoms. The molecule has 0 spiro atoms. The second-order valence-corrected chi connectivity index (χ2v) is 5.61. The van der Waals surface area contributed by atoms with E-state index < -0.39 is 0 Å². The number of carbonyl (C=O) groups excluding carboxylic acids is 1. The number of amidine groups is 1. The fraction of sp³-hybridized carbons (Fsp3) is 0.294. The Morgan fingerprint density at radius 2 is 2.04 bits per heavy atom. The lowest BCUT2D eigenvalue weighted by atomic mass is 10.2. The van der Waals surface area contributed by atoms with Gasteiger partial charge in [-0.1, -0.05) is 5.16 Å². The minimum atomic E-state index is -0.378. The molecule has 0 unspecified atom stereocenters. The molecular weight excluding hydrogens is 342 g/mol. The van der Waals surface area contributed by atoms with Crippen LogP contribution < -0.4 is 20.5 Å². The number of nitrogens with zero attached hydrogens (tertiary/aromatic N) is 1. The summed E-state index contributed by atoms with van der Waals surface area (Å²) in [6, 6.07) is 7.06. The van der Waals surface area contributed by atoms with Crippen LogP contribution in [0.1, 0.15) is 19.4 Å². The quantitative estimate of drug-likeness (QED) is 0.406. The molecule has 8 heteroatoms. The van der Waals surface area contributed by atoms with Gasteiger partial charge >= 0.3 is 0 Å². The molecule has 7 nitrogen and oxygen atoms in total. The average molecular weight is 363 g/mol. The zero-order valence-corrected chi connectivity index (χ0v) is 15.0. The number of nitrogens with two attached hydrogens (primary N) is 1. The van der Waals surface area contributed by atoms with E-state index in [1.165, 1.54) is 11.3 Å². The smallest absolute Gasteiger partial charge is 0.265 e. The summed E-state index contributed by atoms with van der Waals surface area (Å²) in [5.74, 6) is 1.04. The van der Waals surface area contributed by atoms with Crippen LogP contribution in [0.2, 0.25) is 0 Å². The van der Waals surface area contributed by atoms with E-state index in [2.05, 4.69) is 10.5 Å². The van der Waals surface area contributed by atoms with E-state index in [1.807, 2.05) is 30.7 Å². The summed E-state index contributed by atoms with van der Waals surface area (Å²) < 4.78 is 10.9.